The van der Waals surface area contributed by atoms with Gasteiger partial charge in [0.2, 0.25) is 0 Å². The largest absolute Gasteiger partial charge is 0.426 e. The van der Waals surface area contributed by atoms with E-state index < -0.39 is 18.0 Å². The minimum Gasteiger partial charge on any atom is -0.426 e. The van der Waals surface area contributed by atoms with Gasteiger partial charge in [-0.3, -0.25) is 4.79 Å². The van der Waals surface area contributed by atoms with Gasteiger partial charge in [-0.25, -0.2) is 4.79 Å². The molecule has 4 aliphatic carbocycles. The quantitative estimate of drug-likeness (QED) is 0.483. The summed E-state index contributed by atoms with van der Waals surface area (Å²) in [6.07, 6.45) is 0.148. The van der Waals surface area contributed by atoms with Crippen LogP contribution in [-0.2, 0) is 9.59 Å². The highest BCUT2D eigenvalue weighted by Gasteiger charge is 2.21. The highest BCUT2D eigenvalue weighted by molar-refractivity contribution is 5.84. The van der Waals surface area contributed by atoms with E-state index in [-0.39, 0.29) is 12.8 Å². The molecule has 0 bridgehead atoms. The Morgan fingerprint density at radius 2 is 1.23 bits per heavy atom. The molecule has 0 heterocycles. The molecule has 4 rings (SSSR count). The molecule has 150 valence electrons. The summed E-state index contributed by atoms with van der Waals surface area (Å²) in [6.45, 7) is 0. The zero-order chi connectivity index (χ0) is 20.9. The molecule has 1 atom stereocenters. The zero-order valence-corrected chi connectivity index (χ0v) is 16.3. The fourth-order valence-corrected chi connectivity index (χ4v) is 3.30. The van der Waals surface area contributed by atoms with E-state index in [0.717, 1.165) is 22.3 Å². The first-order chi connectivity index (χ1) is 14.6. The average Bonchev–Trinajstić information content (AvgIpc) is 3.09. The highest BCUT2D eigenvalue weighted by atomic mass is 16.5. The Morgan fingerprint density at radius 3 is 1.83 bits per heavy atom. The number of hydrogen-bond donors (Lipinski definition) is 1. The van der Waals surface area contributed by atoms with Crippen LogP contribution in [0.4, 0.5) is 0 Å². The predicted molar refractivity (Wildman–Crippen MR) is 115 cm³/mol. The Labute approximate surface area is 174 Å². The molecule has 0 saturated carbocycles. The maximum Gasteiger partial charge on any atom is 0.328 e. The van der Waals surface area contributed by atoms with Gasteiger partial charge in [0.05, 0.1) is 0 Å². The molecule has 4 aliphatic rings. The van der Waals surface area contributed by atoms with Crippen molar-refractivity contribution in [3.05, 3.63) is 84.9 Å². The number of carbonyl (C=O) groups excluding carboxylic acids is 2. The molecule has 5 heteroatoms. The lowest BCUT2D eigenvalue weighted by atomic mass is 10.1. The molecule has 0 amide bonds. The Kier molecular flexibility index (Phi) is 5.72. The predicted octanol–water partition coefficient (Wildman–Crippen LogP) is 4.51. The standard InChI is InChI=1S/C25H21NO4/c26-21(25(28)30-23-15-12-18-8-4-2-6-10-20(18)23)13-16-24(27)29-22-14-11-17-7-3-1-5-9-19(17)22/h1-12,14-15,21H,13,16,26H2/t21-/m0/s1. The summed E-state index contributed by atoms with van der Waals surface area (Å²) < 4.78 is 10.9. The van der Waals surface area contributed by atoms with Crippen molar-refractivity contribution in [3.8, 4) is 33.8 Å². The van der Waals surface area contributed by atoms with Crippen LogP contribution in [0.15, 0.2) is 84.9 Å². The van der Waals surface area contributed by atoms with Gasteiger partial charge in [-0.15, -0.1) is 0 Å². The SMILES string of the molecule is N[C@@H](CCC(=O)Oc1ccc2cccccc1-2)C(=O)Oc1ccc2cccccc1-2. The molecule has 0 spiro atoms. The number of rotatable bonds is 6. The van der Waals surface area contributed by atoms with Crippen LogP contribution < -0.4 is 15.2 Å². The molecule has 0 unspecified atom stereocenters. The number of esters is 2. The molecular formula is C25H21NO4. The first-order valence-corrected chi connectivity index (χ1v) is 9.75. The van der Waals surface area contributed by atoms with Crippen molar-refractivity contribution in [2.75, 3.05) is 0 Å². The number of ether oxygens (including phenoxy) is 2. The van der Waals surface area contributed by atoms with E-state index in [1.165, 1.54) is 0 Å². The minimum absolute atomic E-state index is 0.0125. The van der Waals surface area contributed by atoms with Gasteiger partial charge in [-0.1, -0.05) is 72.8 Å². The monoisotopic (exact) mass is 399 g/mol. The van der Waals surface area contributed by atoms with Crippen LogP contribution in [0.3, 0.4) is 0 Å². The number of hydrogen-bond acceptors (Lipinski definition) is 5. The van der Waals surface area contributed by atoms with Crippen molar-refractivity contribution in [1.29, 1.82) is 0 Å². The van der Waals surface area contributed by atoms with Crippen molar-refractivity contribution >= 4 is 11.9 Å². The lowest BCUT2D eigenvalue weighted by Crippen LogP contribution is -2.35. The molecule has 0 fully saturated rings. The number of fused-ring (bicyclic) bond motifs is 2. The zero-order valence-electron chi connectivity index (χ0n) is 16.3. The Hall–Kier alpha value is -3.70. The van der Waals surface area contributed by atoms with E-state index >= 15 is 0 Å². The summed E-state index contributed by atoms with van der Waals surface area (Å²) in [5.41, 5.74) is 9.59. The minimum atomic E-state index is -0.922. The van der Waals surface area contributed by atoms with Crippen molar-refractivity contribution < 1.29 is 19.1 Å². The molecule has 5 nitrogen and oxygen atoms in total. The summed E-state index contributed by atoms with van der Waals surface area (Å²) in [4.78, 5) is 24.6. The van der Waals surface area contributed by atoms with Crippen LogP contribution in [0.2, 0.25) is 0 Å². The first-order valence-electron chi connectivity index (χ1n) is 9.75. The number of nitrogens with two attached hydrogens (primary N) is 1. The van der Waals surface area contributed by atoms with Gasteiger partial charge in [0.25, 0.3) is 0 Å². The van der Waals surface area contributed by atoms with Gasteiger partial charge in [0, 0.05) is 17.5 Å². The van der Waals surface area contributed by atoms with Crippen molar-refractivity contribution in [3.63, 3.8) is 0 Å². The van der Waals surface area contributed by atoms with Gasteiger partial charge < -0.3 is 15.2 Å². The van der Waals surface area contributed by atoms with Crippen LogP contribution in [0.5, 0.6) is 11.5 Å². The van der Waals surface area contributed by atoms with Gasteiger partial charge in [-0.2, -0.15) is 0 Å². The molecule has 0 aliphatic heterocycles. The fourth-order valence-electron chi connectivity index (χ4n) is 3.30. The molecule has 0 saturated heterocycles. The van der Waals surface area contributed by atoms with E-state index in [1.54, 1.807) is 12.1 Å². The maximum atomic E-state index is 12.4. The maximum absolute atomic E-state index is 12.4. The molecule has 30 heavy (non-hydrogen) atoms. The summed E-state index contributed by atoms with van der Waals surface area (Å²) in [6, 6.07) is 25.4. The molecule has 0 aromatic rings. The smallest absolute Gasteiger partial charge is 0.328 e. The van der Waals surface area contributed by atoms with E-state index in [9.17, 15) is 9.59 Å². The molecule has 0 aromatic carbocycles. The lowest BCUT2D eigenvalue weighted by molar-refractivity contribution is -0.137. The Balaban J connectivity index is 1.32. The summed E-state index contributed by atoms with van der Waals surface area (Å²) in [7, 11) is 0. The second-order valence-corrected chi connectivity index (χ2v) is 6.99. The Morgan fingerprint density at radius 1 is 0.700 bits per heavy atom. The lowest BCUT2D eigenvalue weighted by Gasteiger charge is -2.11. The van der Waals surface area contributed by atoms with Crippen LogP contribution in [0.25, 0.3) is 22.3 Å². The molecule has 0 aromatic heterocycles. The van der Waals surface area contributed by atoms with E-state index in [1.807, 2.05) is 72.8 Å². The van der Waals surface area contributed by atoms with Crippen LogP contribution >= 0.6 is 0 Å². The normalized spacial score (nSPS) is 11.9. The summed E-state index contributed by atoms with van der Waals surface area (Å²) in [5.74, 6) is -0.0607. The van der Waals surface area contributed by atoms with Gasteiger partial charge in [0.15, 0.2) is 0 Å². The van der Waals surface area contributed by atoms with Crippen molar-refractivity contribution in [1.82, 2.24) is 0 Å². The second-order valence-electron chi connectivity index (χ2n) is 6.99. The van der Waals surface area contributed by atoms with Crippen LogP contribution in [-0.4, -0.2) is 18.0 Å². The van der Waals surface area contributed by atoms with E-state index in [2.05, 4.69) is 0 Å². The summed E-state index contributed by atoms with van der Waals surface area (Å²) >= 11 is 0. The summed E-state index contributed by atoms with van der Waals surface area (Å²) in [5, 5.41) is 0. The molecule has 0 radical (unpaired) electrons. The van der Waals surface area contributed by atoms with Crippen LogP contribution in [0, 0.1) is 0 Å². The first kappa shape index (κ1) is 19.6. The number of carbonyl (C=O) groups is 2. The van der Waals surface area contributed by atoms with Gasteiger partial charge in [0.1, 0.15) is 17.5 Å². The van der Waals surface area contributed by atoms with Crippen molar-refractivity contribution in [2.45, 2.75) is 18.9 Å². The average molecular weight is 399 g/mol. The second kappa shape index (κ2) is 8.76. The third-order valence-electron chi connectivity index (χ3n) is 4.90. The van der Waals surface area contributed by atoms with Crippen LogP contribution in [0.1, 0.15) is 12.8 Å². The third kappa shape index (κ3) is 4.31. The van der Waals surface area contributed by atoms with Gasteiger partial charge in [-0.05, 0) is 29.7 Å². The van der Waals surface area contributed by atoms with E-state index in [0.29, 0.717) is 11.5 Å². The molecular weight excluding hydrogens is 378 g/mol. The van der Waals surface area contributed by atoms with E-state index in [4.69, 9.17) is 15.2 Å². The topological polar surface area (TPSA) is 78.6 Å². The van der Waals surface area contributed by atoms with Gasteiger partial charge >= 0.3 is 11.9 Å². The molecule has 2 N–H and O–H groups in total. The fraction of sp³-hybridized carbons (Fsp3) is 0.120. The Bertz CT molecular complexity index is 1120. The highest BCUT2D eigenvalue weighted by Crippen LogP contribution is 2.34. The third-order valence-corrected chi connectivity index (χ3v) is 4.90. The van der Waals surface area contributed by atoms with Crippen molar-refractivity contribution in [2.24, 2.45) is 5.73 Å².